The molecule has 0 bridgehead atoms. The number of rotatable bonds is 15. The minimum absolute atomic E-state index is 1.09. The van der Waals surface area contributed by atoms with Crippen LogP contribution in [0.1, 0.15) is 0 Å². The van der Waals surface area contributed by atoms with E-state index in [2.05, 4.69) is 456 Å². The zero-order chi connectivity index (χ0) is 70.5. The van der Waals surface area contributed by atoms with Crippen molar-refractivity contribution in [3.05, 3.63) is 437 Å². The van der Waals surface area contributed by atoms with Crippen molar-refractivity contribution in [3.63, 3.8) is 0 Å². The van der Waals surface area contributed by atoms with Crippen LogP contribution < -0.4 is 9.80 Å². The van der Waals surface area contributed by atoms with Crippen LogP contribution in [0.2, 0.25) is 0 Å². The van der Waals surface area contributed by atoms with Gasteiger partial charge in [0, 0.05) is 67.0 Å². The van der Waals surface area contributed by atoms with E-state index in [1.54, 1.807) is 0 Å². The van der Waals surface area contributed by atoms with Gasteiger partial charge >= 0.3 is 0 Å². The van der Waals surface area contributed by atoms with Gasteiger partial charge in [-0.25, -0.2) is 0 Å². The molecule has 106 heavy (non-hydrogen) atoms. The van der Waals surface area contributed by atoms with Crippen LogP contribution in [0.15, 0.2) is 437 Å². The van der Waals surface area contributed by atoms with Gasteiger partial charge in [-0.05, 0) is 199 Å². The fourth-order valence-electron chi connectivity index (χ4n) is 15.1. The summed E-state index contributed by atoms with van der Waals surface area (Å²) in [5.74, 6) is 0. The monoisotopic (exact) mass is 1350 g/mol. The molecule has 500 valence electrons. The molecule has 0 spiro atoms. The Bertz CT molecular complexity index is 5880. The van der Waals surface area contributed by atoms with Gasteiger partial charge in [-0.3, -0.25) is 0 Å². The molecule has 4 nitrogen and oxygen atoms in total. The van der Waals surface area contributed by atoms with Crippen molar-refractivity contribution in [1.82, 2.24) is 9.13 Å². The lowest BCUT2D eigenvalue weighted by Crippen LogP contribution is -2.10. The third-order valence-corrected chi connectivity index (χ3v) is 20.5. The van der Waals surface area contributed by atoms with Crippen LogP contribution in [0.5, 0.6) is 0 Å². The number of para-hydroxylation sites is 4. The van der Waals surface area contributed by atoms with Gasteiger partial charge in [0.25, 0.3) is 0 Å². The van der Waals surface area contributed by atoms with Crippen molar-refractivity contribution in [2.75, 3.05) is 9.80 Å². The van der Waals surface area contributed by atoms with Gasteiger partial charge in [0.2, 0.25) is 0 Å². The molecule has 0 atom stereocenters. The van der Waals surface area contributed by atoms with Gasteiger partial charge in [0.05, 0.1) is 22.1 Å². The summed E-state index contributed by atoms with van der Waals surface area (Å²) in [4.78, 5) is 4.68. The van der Waals surface area contributed by atoms with Gasteiger partial charge in [-0.15, -0.1) is 0 Å². The summed E-state index contributed by atoms with van der Waals surface area (Å²) in [6.07, 6.45) is 0. The number of benzene rings is 17. The standard InChI is InChI=1S/C60H42N2.C42H30N2/c1-3-11-43(12-4-1)45-19-23-47(24-20-45)49-27-35-53(36-28-49)61(54-37-29-50(30-38-54)48-25-21-46(22-26-48)44-13-5-2-6-14-44)55-39-31-51(32-40-55)52-33-41-56(42-34-52)62-59-17-9-7-15-57(59)58-16-8-10-18-60(58)62;1-3-11-31(12-4-1)33-19-23-35(24-20-33)43(36-25-21-34(22-26-36)32-13-5-2-6-14-32)37-27-29-38(30-28-37)44-41-17-9-7-15-39(41)40-16-8-10-18-42(40)44/h1-42H;1-30H. The fourth-order valence-corrected chi connectivity index (χ4v) is 15.1. The van der Waals surface area contributed by atoms with E-state index >= 15 is 0 Å². The van der Waals surface area contributed by atoms with Crippen molar-refractivity contribution in [2.24, 2.45) is 0 Å². The molecule has 0 aliphatic rings. The molecule has 17 aromatic carbocycles. The molecular formula is C102H72N4. The highest BCUT2D eigenvalue weighted by molar-refractivity contribution is 6.10. The van der Waals surface area contributed by atoms with E-state index in [4.69, 9.17) is 0 Å². The lowest BCUT2D eigenvalue weighted by Gasteiger charge is -2.26. The Balaban J connectivity index is 0.000000159. The average Bonchev–Trinajstić information content (AvgIpc) is 1.70. The highest BCUT2D eigenvalue weighted by atomic mass is 15.1. The first-order valence-electron chi connectivity index (χ1n) is 36.3. The molecule has 19 aromatic rings. The van der Waals surface area contributed by atoms with Crippen LogP contribution in [0.4, 0.5) is 34.1 Å². The number of anilines is 6. The Labute approximate surface area is 618 Å². The van der Waals surface area contributed by atoms with Crippen LogP contribution in [-0.2, 0) is 0 Å². The maximum atomic E-state index is 2.37. The summed E-state index contributed by atoms with van der Waals surface area (Å²) < 4.78 is 4.73. The topological polar surface area (TPSA) is 16.3 Å². The van der Waals surface area contributed by atoms with Crippen molar-refractivity contribution < 1.29 is 0 Å². The normalized spacial score (nSPS) is 11.2. The second kappa shape index (κ2) is 28.8. The number of hydrogen-bond acceptors (Lipinski definition) is 2. The highest BCUT2D eigenvalue weighted by Crippen LogP contribution is 2.42. The van der Waals surface area contributed by atoms with E-state index in [1.807, 2.05) is 0 Å². The first-order valence-corrected chi connectivity index (χ1v) is 36.3. The Morgan fingerprint density at radius 1 is 0.123 bits per heavy atom. The molecule has 0 unspecified atom stereocenters. The Hall–Kier alpha value is -14.1. The predicted octanol–water partition coefficient (Wildman–Crippen LogP) is 28.2. The molecule has 0 saturated heterocycles. The minimum atomic E-state index is 1.09. The zero-order valence-corrected chi connectivity index (χ0v) is 58.4. The summed E-state index contributed by atoms with van der Waals surface area (Å²) in [7, 11) is 0. The van der Waals surface area contributed by atoms with E-state index < -0.39 is 0 Å². The summed E-state index contributed by atoms with van der Waals surface area (Å²) in [5, 5.41) is 5.08. The number of hydrogen-bond donors (Lipinski definition) is 0. The molecule has 0 saturated carbocycles. The minimum Gasteiger partial charge on any atom is -0.311 e. The van der Waals surface area contributed by atoms with Crippen LogP contribution >= 0.6 is 0 Å². The van der Waals surface area contributed by atoms with Crippen LogP contribution in [0, 0.1) is 0 Å². The molecule has 0 fully saturated rings. The van der Waals surface area contributed by atoms with Gasteiger partial charge in [-0.1, -0.05) is 315 Å². The van der Waals surface area contributed by atoms with Gasteiger partial charge < -0.3 is 18.9 Å². The number of nitrogens with zero attached hydrogens (tertiary/aromatic N) is 4. The van der Waals surface area contributed by atoms with E-state index in [9.17, 15) is 0 Å². The molecule has 0 aliphatic heterocycles. The first-order chi connectivity index (χ1) is 52.6. The molecule has 0 aliphatic carbocycles. The second-order valence-electron chi connectivity index (χ2n) is 26.8. The molecule has 19 rings (SSSR count). The SMILES string of the molecule is c1ccc(-c2ccc(-c3ccc(N(c4ccc(-c5ccc(-c6ccccc6)cc5)cc4)c4ccc(-c5ccc(-n6c7ccccc7c7ccccc76)cc5)cc4)cc3)cc2)cc1.c1ccc(-c2ccc(N(c3ccc(-c4ccccc4)cc3)c3ccc(-n4c5ccccc5c5ccccc54)cc3)cc2)cc1. The van der Waals surface area contributed by atoms with Crippen molar-refractivity contribution in [1.29, 1.82) is 0 Å². The third-order valence-electron chi connectivity index (χ3n) is 20.5. The summed E-state index contributed by atoms with van der Waals surface area (Å²) in [6.45, 7) is 0. The smallest absolute Gasteiger partial charge is 0.0541 e. The maximum absolute atomic E-state index is 2.37. The second-order valence-corrected chi connectivity index (χ2v) is 26.8. The number of aromatic nitrogens is 2. The average molecular weight is 1350 g/mol. The largest absolute Gasteiger partial charge is 0.311 e. The van der Waals surface area contributed by atoms with Crippen LogP contribution in [-0.4, -0.2) is 9.13 Å². The lowest BCUT2D eigenvalue weighted by atomic mass is 9.99. The number of fused-ring (bicyclic) bond motifs is 6. The van der Waals surface area contributed by atoms with Gasteiger partial charge in [-0.2, -0.15) is 0 Å². The third kappa shape index (κ3) is 12.8. The fraction of sp³-hybridized carbons (Fsp3) is 0. The molecule has 0 N–H and O–H groups in total. The van der Waals surface area contributed by atoms with Gasteiger partial charge in [0.15, 0.2) is 0 Å². The van der Waals surface area contributed by atoms with E-state index in [0.29, 0.717) is 0 Å². The first kappa shape index (κ1) is 64.1. The zero-order valence-electron chi connectivity index (χ0n) is 58.4. The Morgan fingerprint density at radius 3 is 0.472 bits per heavy atom. The molecule has 2 aromatic heterocycles. The Kier molecular flexibility index (Phi) is 17.4. The van der Waals surface area contributed by atoms with E-state index in [1.165, 1.54) is 122 Å². The lowest BCUT2D eigenvalue weighted by molar-refractivity contribution is 1.17. The Morgan fingerprint density at radius 2 is 0.264 bits per heavy atom. The van der Waals surface area contributed by atoms with Crippen molar-refractivity contribution in [2.45, 2.75) is 0 Å². The van der Waals surface area contributed by atoms with Crippen LogP contribution in [0.25, 0.3) is 133 Å². The molecule has 2 heterocycles. The molecule has 4 heteroatoms. The summed E-state index contributed by atoms with van der Waals surface area (Å²) >= 11 is 0. The molecular weight excluding hydrogens is 1280 g/mol. The maximum Gasteiger partial charge on any atom is 0.0541 e. The van der Waals surface area contributed by atoms with Crippen molar-refractivity contribution >= 4 is 77.7 Å². The summed E-state index contributed by atoms with van der Waals surface area (Å²) in [5.41, 5.74) is 30.6. The van der Waals surface area contributed by atoms with Crippen molar-refractivity contribution in [3.8, 4) is 89.3 Å². The van der Waals surface area contributed by atoms with Gasteiger partial charge in [0.1, 0.15) is 0 Å². The van der Waals surface area contributed by atoms with E-state index in [0.717, 1.165) is 45.5 Å². The summed E-state index contributed by atoms with van der Waals surface area (Å²) in [6, 6.07) is 157. The predicted molar refractivity (Wildman–Crippen MR) is 449 cm³/mol. The van der Waals surface area contributed by atoms with Crippen LogP contribution in [0.3, 0.4) is 0 Å². The molecule has 0 radical (unpaired) electrons. The molecule has 0 amide bonds. The quantitative estimate of drug-likeness (QED) is 0.102. The van der Waals surface area contributed by atoms with E-state index in [-0.39, 0.29) is 0 Å². The highest BCUT2D eigenvalue weighted by Gasteiger charge is 2.19.